The van der Waals surface area contributed by atoms with Crippen LogP contribution in [0.2, 0.25) is 0 Å². The highest BCUT2D eigenvalue weighted by Gasteiger charge is 2.36. The van der Waals surface area contributed by atoms with Crippen molar-refractivity contribution in [2.24, 2.45) is 0 Å². The maximum Gasteiger partial charge on any atom is 0.274 e. The molecular formula is C25H33N5O3. The Hall–Kier alpha value is -2.97. The predicted octanol–water partition coefficient (Wildman–Crippen LogP) is 2.08. The number of carbonyl (C=O) groups excluding carboxylic acids is 2. The van der Waals surface area contributed by atoms with Gasteiger partial charge < -0.3 is 19.9 Å². The van der Waals surface area contributed by atoms with Crippen molar-refractivity contribution < 1.29 is 14.3 Å². The van der Waals surface area contributed by atoms with Crippen LogP contribution in [0.1, 0.15) is 30.9 Å². The highest BCUT2D eigenvalue weighted by atomic mass is 16.5. The molecule has 8 heteroatoms. The first-order valence-corrected chi connectivity index (χ1v) is 11.8. The number of benzene rings is 1. The summed E-state index contributed by atoms with van der Waals surface area (Å²) >= 11 is 0. The van der Waals surface area contributed by atoms with E-state index in [9.17, 15) is 9.59 Å². The Kier molecular flexibility index (Phi) is 7.91. The minimum atomic E-state index is -0.702. The summed E-state index contributed by atoms with van der Waals surface area (Å²) in [5, 5.41) is 3.01. The van der Waals surface area contributed by atoms with Gasteiger partial charge in [0.1, 0.15) is 0 Å². The van der Waals surface area contributed by atoms with Crippen molar-refractivity contribution in [2.45, 2.75) is 25.4 Å². The van der Waals surface area contributed by atoms with Crippen LogP contribution in [0.25, 0.3) is 0 Å². The van der Waals surface area contributed by atoms with Crippen LogP contribution in [0.4, 0.5) is 5.82 Å². The van der Waals surface area contributed by atoms with Crippen molar-refractivity contribution in [1.29, 1.82) is 0 Å². The number of pyridine rings is 1. The minimum absolute atomic E-state index is 0.0231. The van der Waals surface area contributed by atoms with Gasteiger partial charge in [0.25, 0.3) is 5.91 Å². The average Bonchev–Trinajstić information content (AvgIpc) is 2.84. The van der Waals surface area contributed by atoms with E-state index in [2.05, 4.69) is 27.1 Å². The summed E-state index contributed by atoms with van der Waals surface area (Å²) in [5.74, 6) is 0.969. The van der Waals surface area contributed by atoms with E-state index in [-0.39, 0.29) is 11.8 Å². The molecule has 0 aliphatic carbocycles. The molecule has 2 aliphatic heterocycles. The molecule has 1 N–H and O–H groups in total. The average molecular weight is 452 g/mol. The number of anilines is 1. The Bertz CT molecular complexity index is 931. The second-order valence-corrected chi connectivity index (χ2v) is 8.68. The van der Waals surface area contributed by atoms with Gasteiger partial charge in [-0.25, -0.2) is 4.98 Å². The van der Waals surface area contributed by atoms with E-state index in [1.165, 1.54) is 0 Å². The summed E-state index contributed by atoms with van der Waals surface area (Å²) in [6.07, 6.45) is 2.84. The molecule has 2 amide bonds. The number of nitrogens with one attached hydrogen (secondary N) is 1. The van der Waals surface area contributed by atoms with Gasteiger partial charge in [-0.1, -0.05) is 30.3 Å². The van der Waals surface area contributed by atoms with Crippen LogP contribution in [0.5, 0.6) is 5.75 Å². The Labute approximate surface area is 195 Å². The van der Waals surface area contributed by atoms with Crippen LogP contribution in [0.3, 0.4) is 0 Å². The van der Waals surface area contributed by atoms with Gasteiger partial charge in [-0.3, -0.25) is 14.5 Å². The number of amides is 2. The third-order valence-electron chi connectivity index (χ3n) is 6.20. The Balaban J connectivity index is 1.25. The molecule has 0 spiro atoms. The van der Waals surface area contributed by atoms with Crippen LogP contribution in [0.15, 0.2) is 48.7 Å². The van der Waals surface area contributed by atoms with Gasteiger partial charge in [0.15, 0.2) is 11.6 Å². The van der Waals surface area contributed by atoms with Gasteiger partial charge in [0, 0.05) is 57.4 Å². The van der Waals surface area contributed by atoms with Crippen molar-refractivity contribution in [1.82, 2.24) is 20.1 Å². The molecule has 1 saturated heterocycles. The predicted molar refractivity (Wildman–Crippen MR) is 127 cm³/mol. The van der Waals surface area contributed by atoms with Crippen molar-refractivity contribution in [2.75, 3.05) is 57.8 Å². The van der Waals surface area contributed by atoms with E-state index in [0.29, 0.717) is 37.5 Å². The zero-order chi connectivity index (χ0) is 23.0. The van der Waals surface area contributed by atoms with Crippen molar-refractivity contribution >= 4 is 17.6 Å². The lowest BCUT2D eigenvalue weighted by Gasteiger charge is -2.33. The van der Waals surface area contributed by atoms with Gasteiger partial charge >= 0.3 is 0 Å². The van der Waals surface area contributed by atoms with E-state index in [1.807, 2.05) is 36.4 Å². The van der Waals surface area contributed by atoms with Gasteiger partial charge in [0.05, 0.1) is 0 Å². The first-order valence-electron chi connectivity index (χ1n) is 11.8. The van der Waals surface area contributed by atoms with Gasteiger partial charge in [-0.15, -0.1) is 0 Å². The number of rotatable bonds is 9. The van der Waals surface area contributed by atoms with Crippen LogP contribution in [0, 0.1) is 0 Å². The summed E-state index contributed by atoms with van der Waals surface area (Å²) in [4.78, 5) is 36.3. The molecule has 2 aromatic rings. The first kappa shape index (κ1) is 23.2. The SMILES string of the molecule is CN1CCN(CCCNC(=O)CCCN2C(=O)[C@H](c3ccccc3)Oc3cccnc32)CC1. The van der Waals surface area contributed by atoms with Crippen LogP contribution < -0.4 is 15.0 Å². The smallest absolute Gasteiger partial charge is 0.274 e. The molecule has 1 fully saturated rings. The van der Waals surface area contributed by atoms with Crippen LogP contribution >= 0.6 is 0 Å². The molecule has 8 nitrogen and oxygen atoms in total. The molecule has 1 aromatic carbocycles. The highest BCUT2D eigenvalue weighted by molar-refractivity contribution is 5.99. The minimum Gasteiger partial charge on any atom is -0.472 e. The van der Waals surface area contributed by atoms with Crippen molar-refractivity contribution in [3.8, 4) is 5.75 Å². The highest BCUT2D eigenvalue weighted by Crippen LogP contribution is 2.37. The fourth-order valence-corrected chi connectivity index (χ4v) is 4.24. The summed E-state index contributed by atoms with van der Waals surface area (Å²) in [7, 11) is 2.15. The second-order valence-electron chi connectivity index (χ2n) is 8.68. The molecule has 1 atom stereocenters. The van der Waals surface area contributed by atoms with Crippen LogP contribution in [-0.4, -0.2) is 79.5 Å². The van der Waals surface area contributed by atoms with Crippen LogP contribution in [-0.2, 0) is 9.59 Å². The molecule has 0 bridgehead atoms. The molecule has 33 heavy (non-hydrogen) atoms. The third kappa shape index (κ3) is 6.09. The van der Waals surface area contributed by atoms with Gasteiger partial charge in [-0.05, 0) is 38.6 Å². The lowest BCUT2D eigenvalue weighted by molar-refractivity contribution is -0.127. The summed E-state index contributed by atoms with van der Waals surface area (Å²) < 4.78 is 5.97. The zero-order valence-electron chi connectivity index (χ0n) is 19.3. The van der Waals surface area contributed by atoms with Gasteiger partial charge in [0.2, 0.25) is 12.0 Å². The monoisotopic (exact) mass is 451 g/mol. The topological polar surface area (TPSA) is 78.0 Å². The van der Waals surface area contributed by atoms with E-state index in [4.69, 9.17) is 4.74 Å². The van der Waals surface area contributed by atoms with E-state index in [1.54, 1.807) is 17.2 Å². The third-order valence-corrected chi connectivity index (χ3v) is 6.20. The summed E-state index contributed by atoms with van der Waals surface area (Å²) in [6, 6.07) is 13.1. The first-order chi connectivity index (χ1) is 16.1. The van der Waals surface area contributed by atoms with Crippen molar-refractivity contribution in [3.05, 3.63) is 54.2 Å². The molecule has 176 valence electrons. The fraction of sp³-hybridized carbons (Fsp3) is 0.480. The number of hydrogen-bond acceptors (Lipinski definition) is 6. The molecule has 2 aliphatic rings. The summed E-state index contributed by atoms with van der Waals surface area (Å²) in [5.41, 5.74) is 0.806. The number of ether oxygens (including phenoxy) is 1. The van der Waals surface area contributed by atoms with E-state index in [0.717, 1.165) is 44.7 Å². The number of fused-ring (bicyclic) bond motifs is 1. The maximum absolute atomic E-state index is 13.2. The number of hydrogen-bond donors (Lipinski definition) is 1. The van der Waals surface area contributed by atoms with Gasteiger partial charge in [-0.2, -0.15) is 0 Å². The lowest BCUT2D eigenvalue weighted by atomic mass is 10.1. The fourth-order valence-electron chi connectivity index (χ4n) is 4.24. The Morgan fingerprint density at radius 2 is 1.85 bits per heavy atom. The summed E-state index contributed by atoms with van der Waals surface area (Å²) in [6.45, 7) is 6.52. The molecule has 0 saturated carbocycles. The second kappa shape index (κ2) is 11.2. The number of piperazine rings is 1. The lowest BCUT2D eigenvalue weighted by Crippen LogP contribution is -2.45. The van der Waals surface area contributed by atoms with E-state index < -0.39 is 6.10 Å². The number of nitrogens with zero attached hydrogens (tertiary/aromatic N) is 4. The molecule has 1 aromatic heterocycles. The number of likely N-dealkylation sites (N-methyl/N-ethyl adjacent to an activating group) is 1. The number of carbonyl (C=O) groups is 2. The quantitative estimate of drug-likeness (QED) is 0.589. The Morgan fingerprint density at radius 3 is 2.64 bits per heavy atom. The molecule has 0 unspecified atom stereocenters. The standard InChI is InChI=1S/C25H33N5O3/c1-28-16-18-29(19-17-28)14-7-13-26-22(31)11-6-15-30-24-21(10-5-12-27-24)33-23(25(30)32)20-8-3-2-4-9-20/h2-5,8-10,12,23H,6-7,11,13-19H2,1H3,(H,26,31)/t23-/m0/s1. The molecular weight excluding hydrogens is 418 g/mol. The van der Waals surface area contributed by atoms with E-state index >= 15 is 0 Å². The molecule has 4 rings (SSSR count). The maximum atomic E-state index is 13.2. The number of aromatic nitrogens is 1. The molecule has 0 radical (unpaired) electrons. The zero-order valence-corrected chi connectivity index (χ0v) is 19.3. The molecule has 3 heterocycles. The van der Waals surface area contributed by atoms with Crippen molar-refractivity contribution in [3.63, 3.8) is 0 Å². The Morgan fingerprint density at radius 1 is 1.06 bits per heavy atom. The normalized spacial score (nSPS) is 19.1. The largest absolute Gasteiger partial charge is 0.472 e.